The lowest BCUT2D eigenvalue weighted by Crippen LogP contribution is -2.30. The van der Waals surface area contributed by atoms with E-state index in [1.54, 1.807) is 0 Å². The van der Waals surface area contributed by atoms with E-state index < -0.39 is 97.5 Å². The molecule has 0 aromatic carbocycles. The second-order valence-corrected chi connectivity index (χ2v) is 31.6. The van der Waals surface area contributed by atoms with Gasteiger partial charge in [0, 0.05) is 25.7 Å². The van der Waals surface area contributed by atoms with E-state index in [2.05, 4.69) is 48.5 Å². The Morgan fingerprint density at radius 1 is 0.302 bits per heavy atom. The van der Waals surface area contributed by atoms with Crippen LogP contribution in [-0.2, 0) is 65.4 Å². The summed E-state index contributed by atoms with van der Waals surface area (Å²) in [6.07, 6.45) is 54.1. The zero-order valence-electron chi connectivity index (χ0n) is 62.8. The molecule has 0 aliphatic rings. The highest BCUT2D eigenvalue weighted by Gasteiger charge is 2.30. The summed E-state index contributed by atoms with van der Waals surface area (Å²) in [6, 6.07) is 0. The van der Waals surface area contributed by atoms with Crippen LogP contribution in [0.25, 0.3) is 0 Å². The highest BCUT2D eigenvalue weighted by atomic mass is 31.2. The first-order valence-corrected chi connectivity index (χ1v) is 42.9. The maximum absolute atomic E-state index is 13.1. The van der Waals surface area contributed by atoms with Crippen LogP contribution in [0, 0.1) is 17.8 Å². The van der Waals surface area contributed by atoms with E-state index in [0.717, 1.165) is 108 Å². The molecule has 0 amide bonds. The first kappa shape index (κ1) is 94.1. The minimum absolute atomic E-state index is 0.103. The van der Waals surface area contributed by atoms with Crippen LogP contribution in [-0.4, -0.2) is 96.7 Å². The van der Waals surface area contributed by atoms with Crippen molar-refractivity contribution in [1.82, 2.24) is 0 Å². The zero-order valence-corrected chi connectivity index (χ0v) is 64.6. The molecule has 0 aromatic heterocycles. The third-order valence-electron chi connectivity index (χ3n) is 18.6. The molecule has 0 saturated carbocycles. The summed E-state index contributed by atoms with van der Waals surface area (Å²) in [7, 11) is -9.91. The third kappa shape index (κ3) is 67.9. The van der Waals surface area contributed by atoms with Crippen molar-refractivity contribution in [1.29, 1.82) is 0 Å². The number of esters is 4. The molecule has 3 N–H and O–H groups in total. The van der Waals surface area contributed by atoms with Gasteiger partial charge in [0.1, 0.15) is 19.3 Å². The van der Waals surface area contributed by atoms with Crippen LogP contribution in [0.1, 0.15) is 395 Å². The predicted octanol–water partition coefficient (Wildman–Crippen LogP) is 22.6. The van der Waals surface area contributed by atoms with E-state index in [0.29, 0.717) is 25.7 Å². The van der Waals surface area contributed by atoms with Crippen molar-refractivity contribution in [3.63, 3.8) is 0 Å². The van der Waals surface area contributed by atoms with Gasteiger partial charge in [0.05, 0.1) is 26.4 Å². The molecule has 0 radical (unpaired) electrons. The van der Waals surface area contributed by atoms with Crippen molar-refractivity contribution in [2.24, 2.45) is 17.8 Å². The van der Waals surface area contributed by atoms with E-state index in [1.165, 1.54) is 205 Å². The minimum atomic E-state index is -4.96. The number of carbonyl (C=O) groups is 4. The molecule has 17 nitrogen and oxygen atoms in total. The molecule has 0 aliphatic heterocycles. The maximum Gasteiger partial charge on any atom is 0.472 e. The van der Waals surface area contributed by atoms with Crippen LogP contribution in [0.15, 0.2) is 0 Å². The number of hydrogen-bond donors (Lipinski definition) is 3. The second kappa shape index (κ2) is 67.5. The summed E-state index contributed by atoms with van der Waals surface area (Å²) in [6.45, 7) is 11.9. The van der Waals surface area contributed by atoms with Crippen molar-refractivity contribution >= 4 is 39.5 Å². The Hall–Kier alpha value is -1.94. The van der Waals surface area contributed by atoms with Gasteiger partial charge in [0.25, 0.3) is 0 Å². The van der Waals surface area contributed by atoms with Crippen molar-refractivity contribution in [2.75, 3.05) is 39.6 Å². The molecule has 96 heavy (non-hydrogen) atoms. The summed E-state index contributed by atoms with van der Waals surface area (Å²) in [5.74, 6) is 0.254. The molecule has 570 valence electrons. The van der Waals surface area contributed by atoms with Gasteiger partial charge < -0.3 is 33.8 Å². The van der Waals surface area contributed by atoms with Crippen LogP contribution in [0.2, 0.25) is 0 Å². The first-order valence-electron chi connectivity index (χ1n) is 39.9. The second-order valence-electron chi connectivity index (χ2n) is 28.7. The van der Waals surface area contributed by atoms with E-state index in [-0.39, 0.29) is 25.7 Å². The molecule has 0 bridgehead atoms. The normalized spacial score (nSPS) is 14.6. The van der Waals surface area contributed by atoms with Gasteiger partial charge in [-0.05, 0) is 43.4 Å². The molecular weight excluding hydrogens is 1260 g/mol. The smallest absolute Gasteiger partial charge is 0.462 e. The van der Waals surface area contributed by atoms with Crippen LogP contribution in [0.4, 0.5) is 0 Å². The molecule has 0 rings (SSSR count). The van der Waals surface area contributed by atoms with E-state index in [1.807, 2.05) is 0 Å². The Labute approximate surface area is 588 Å². The first-order chi connectivity index (χ1) is 46.3. The molecule has 4 unspecified atom stereocenters. The van der Waals surface area contributed by atoms with Gasteiger partial charge in [0.15, 0.2) is 12.2 Å². The molecule has 19 heteroatoms. The van der Waals surface area contributed by atoms with Gasteiger partial charge in [0.2, 0.25) is 0 Å². The van der Waals surface area contributed by atoms with Crippen molar-refractivity contribution in [3.8, 4) is 0 Å². The summed E-state index contributed by atoms with van der Waals surface area (Å²) in [4.78, 5) is 72.8. The number of hydrogen-bond acceptors (Lipinski definition) is 15. The number of carbonyl (C=O) groups excluding carboxylic acids is 4. The highest BCUT2D eigenvalue weighted by Crippen LogP contribution is 2.45. The SMILES string of the molecule is CCCCCCCCCCCCC(=O)OC[C@H](COP(=O)(O)OC[C@H](O)COP(=O)(O)OC[C@@H](COC(=O)CCCCCCCCCCCCCCCCC(C)CC)OC(=O)CCCCCCCCCCCCCCCCCC(C)C)OC(=O)CCCCCCCCC(C)CC. The molecule has 7 atom stereocenters. The molecule has 0 fully saturated rings. The fourth-order valence-corrected chi connectivity index (χ4v) is 13.3. The van der Waals surface area contributed by atoms with Crippen LogP contribution in [0.3, 0.4) is 0 Å². The summed E-state index contributed by atoms with van der Waals surface area (Å²) in [5, 5.41) is 10.6. The van der Waals surface area contributed by atoms with Crippen LogP contribution in [0.5, 0.6) is 0 Å². The molecule has 0 heterocycles. The molecule has 0 aliphatic carbocycles. The third-order valence-corrected chi connectivity index (χ3v) is 20.5. The van der Waals surface area contributed by atoms with Crippen molar-refractivity contribution in [2.45, 2.75) is 414 Å². The van der Waals surface area contributed by atoms with Crippen LogP contribution >= 0.6 is 15.6 Å². The lowest BCUT2D eigenvalue weighted by Gasteiger charge is -2.21. The van der Waals surface area contributed by atoms with Gasteiger partial charge >= 0.3 is 39.5 Å². The zero-order chi connectivity index (χ0) is 70.9. The Kier molecular flexibility index (Phi) is 66.2. The fraction of sp³-hybridized carbons (Fsp3) is 0.948. The number of unbranched alkanes of at least 4 members (excludes halogenated alkanes) is 41. The Morgan fingerprint density at radius 2 is 0.531 bits per heavy atom. The molecule has 0 aromatic rings. The fourth-order valence-electron chi connectivity index (χ4n) is 11.7. The number of rotatable bonds is 75. The Balaban J connectivity index is 5.22. The van der Waals surface area contributed by atoms with Crippen molar-refractivity contribution < 1.29 is 80.2 Å². The van der Waals surface area contributed by atoms with Gasteiger partial charge in [-0.3, -0.25) is 37.3 Å². The summed E-state index contributed by atoms with van der Waals surface area (Å²) >= 11 is 0. The standard InChI is InChI=1S/C77H150O17P2/c1-8-11-12-13-14-15-31-36-44-51-58-74(79)88-65-73(94-77(82)61-54-47-40-39-43-50-57-70(7)10-3)67-92-96(85,86)90-63-71(78)62-89-95(83,84)91-66-72(93-76(81)60-53-46-38-33-28-24-18-16-17-21-25-29-34-41-48-55-68(4)5)64-87-75(80)59-52-45-37-32-27-23-20-19-22-26-30-35-42-49-56-69(6)9-2/h68-73,78H,8-67H2,1-7H3,(H,83,84)(H,85,86)/t69?,70?,71-,72-,73-/m1/s1. The number of ether oxygens (including phenoxy) is 4. The lowest BCUT2D eigenvalue weighted by atomic mass is 9.99. The monoisotopic (exact) mass is 1410 g/mol. The molecule has 0 spiro atoms. The van der Waals surface area contributed by atoms with E-state index >= 15 is 0 Å². The molecule has 0 saturated heterocycles. The largest absolute Gasteiger partial charge is 0.472 e. The Morgan fingerprint density at radius 3 is 0.792 bits per heavy atom. The minimum Gasteiger partial charge on any atom is -0.462 e. The van der Waals surface area contributed by atoms with E-state index in [9.17, 15) is 43.2 Å². The maximum atomic E-state index is 13.1. The number of phosphoric ester groups is 2. The number of aliphatic hydroxyl groups is 1. The average Bonchev–Trinajstić information content (AvgIpc) is 1.09. The predicted molar refractivity (Wildman–Crippen MR) is 391 cm³/mol. The van der Waals surface area contributed by atoms with E-state index in [4.69, 9.17) is 37.0 Å². The highest BCUT2D eigenvalue weighted by molar-refractivity contribution is 7.47. The van der Waals surface area contributed by atoms with Gasteiger partial charge in [-0.25, -0.2) is 9.13 Å². The average molecular weight is 1410 g/mol. The van der Waals surface area contributed by atoms with Crippen LogP contribution < -0.4 is 0 Å². The topological polar surface area (TPSA) is 237 Å². The van der Waals surface area contributed by atoms with Crippen molar-refractivity contribution in [3.05, 3.63) is 0 Å². The Bertz CT molecular complexity index is 1870. The lowest BCUT2D eigenvalue weighted by molar-refractivity contribution is -0.161. The van der Waals surface area contributed by atoms with Gasteiger partial charge in [-0.2, -0.15) is 0 Å². The quantitative estimate of drug-likeness (QED) is 0.0222. The van der Waals surface area contributed by atoms with Gasteiger partial charge in [-0.15, -0.1) is 0 Å². The number of aliphatic hydroxyl groups excluding tert-OH is 1. The molecular formula is C77H150O17P2. The number of phosphoric acid groups is 2. The van der Waals surface area contributed by atoms with Gasteiger partial charge in [-0.1, -0.05) is 344 Å². The summed E-state index contributed by atoms with van der Waals surface area (Å²) in [5.41, 5.74) is 0. The summed E-state index contributed by atoms with van der Waals surface area (Å²) < 4.78 is 68.5.